The van der Waals surface area contributed by atoms with E-state index in [-0.39, 0.29) is 12.0 Å². The maximum Gasteiger partial charge on any atom is 0.271 e. The lowest BCUT2D eigenvalue weighted by Gasteiger charge is -2.17. The Bertz CT molecular complexity index is 643. The van der Waals surface area contributed by atoms with Crippen molar-refractivity contribution in [1.29, 1.82) is 0 Å². The molecule has 2 aromatic heterocycles. The molecule has 0 aromatic carbocycles. The number of likely N-dealkylation sites (tertiary alicyclic amines) is 1. The Hall–Kier alpha value is -2.64. The number of anilines is 1. The number of aromatic nitrogens is 4. The van der Waals surface area contributed by atoms with Crippen LogP contribution in [0.15, 0.2) is 24.7 Å². The number of hydrogen-bond donors (Lipinski definition) is 1. The lowest BCUT2D eigenvalue weighted by atomic mass is 10.3. The number of amides is 1. The van der Waals surface area contributed by atoms with Crippen molar-refractivity contribution < 1.29 is 9.53 Å². The van der Waals surface area contributed by atoms with E-state index in [2.05, 4.69) is 20.2 Å². The monoisotopic (exact) mass is 302 g/mol. The molecule has 0 aliphatic carbocycles. The maximum atomic E-state index is 12.2. The molecule has 3 heterocycles. The van der Waals surface area contributed by atoms with Crippen molar-refractivity contribution in [2.45, 2.75) is 12.5 Å². The number of carbonyl (C=O) groups excluding carboxylic acids is 1. The van der Waals surface area contributed by atoms with E-state index in [0.29, 0.717) is 24.7 Å². The van der Waals surface area contributed by atoms with Crippen LogP contribution in [0.25, 0.3) is 0 Å². The summed E-state index contributed by atoms with van der Waals surface area (Å²) in [5, 5.41) is 6.49. The molecule has 0 spiro atoms. The van der Waals surface area contributed by atoms with Gasteiger partial charge in [-0.1, -0.05) is 0 Å². The van der Waals surface area contributed by atoms with Crippen molar-refractivity contribution in [3.05, 3.63) is 30.4 Å². The molecule has 8 heteroatoms. The third-order valence-electron chi connectivity index (χ3n) is 3.54. The van der Waals surface area contributed by atoms with Gasteiger partial charge in [-0.3, -0.25) is 9.89 Å². The molecule has 1 saturated heterocycles. The Morgan fingerprint density at radius 2 is 2.32 bits per heavy atom. The van der Waals surface area contributed by atoms with Gasteiger partial charge in [0.15, 0.2) is 0 Å². The average molecular weight is 302 g/mol. The van der Waals surface area contributed by atoms with Crippen LogP contribution in [0.4, 0.5) is 5.82 Å². The Morgan fingerprint density at radius 3 is 3.05 bits per heavy atom. The highest BCUT2D eigenvalue weighted by molar-refractivity contribution is 5.92. The SMILES string of the molecule is CN(C)c1cc(OC2CCN(C(=O)c3ccn[nH]3)C2)ncn1. The summed E-state index contributed by atoms with van der Waals surface area (Å²) < 4.78 is 5.87. The molecule has 1 N–H and O–H groups in total. The standard InChI is InChI=1S/C14H18N6O2/c1-19(2)12-7-13(16-9-15-12)22-10-4-6-20(8-10)14(21)11-3-5-17-18-11/h3,5,7,9-10H,4,6,8H2,1-2H3,(H,17,18). The van der Waals surface area contributed by atoms with Gasteiger partial charge in [-0.2, -0.15) is 5.10 Å². The van der Waals surface area contributed by atoms with Crippen LogP contribution < -0.4 is 9.64 Å². The fraction of sp³-hybridized carbons (Fsp3) is 0.429. The average Bonchev–Trinajstić information content (AvgIpc) is 3.18. The smallest absolute Gasteiger partial charge is 0.271 e. The minimum absolute atomic E-state index is 0.0553. The Kier molecular flexibility index (Phi) is 3.90. The molecule has 1 aliphatic rings. The number of rotatable bonds is 4. The Morgan fingerprint density at radius 1 is 1.45 bits per heavy atom. The van der Waals surface area contributed by atoms with Crippen LogP contribution in [0.1, 0.15) is 16.9 Å². The van der Waals surface area contributed by atoms with Crippen LogP contribution in [0.3, 0.4) is 0 Å². The zero-order valence-corrected chi connectivity index (χ0v) is 12.6. The van der Waals surface area contributed by atoms with Gasteiger partial charge < -0.3 is 14.5 Å². The lowest BCUT2D eigenvalue weighted by Crippen LogP contribution is -2.31. The second-order valence-electron chi connectivity index (χ2n) is 5.36. The van der Waals surface area contributed by atoms with Crippen molar-refractivity contribution in [2.24, 2.45) is 0 Å². The summed E-state index contributed by atoms with van der Waals surface area (Å²) in [5.74, 6) is 1.26. The van der Waals surface area contributed by atoms with Gasteiger partial charge in [0, 0.05) is 39.3 Å². The Labute approximate surface area is 128 Å². The lowest BCUT2D eigenvalue weighted by molar-refractivity contribution is 0.0765. The molecule has 116 valence electrons. The van der Waals surface area contributed by atoms with E-state index in [9.17, 15) is 4.79 Å². The molecule has 22 heavy (non-hydrogen) atoms. The van der Waals surface area contributed by atoms with Gasteiger partial charge in [0.2, 0.25) is 5.88 Å². The van der Waals surface area contributed by atoms with Crippen LogP contribution in [-0.2, 0) is 0 Å². The first-order valence-electron chi connectivity index (χ1n) is 7.08. The summed E-state index contributed by atoms with van der Waals surface area (Å²) in [7, 11) is 3.82. The number of nitrogens with one attached hydrogen (secondary N) is 1. The van der Waals surface area contributed by atoms with E-state index >= 15 is 0 Å². The maximum absolute atomic E-state index is 12.2. The van der Waals surface area contributed by atoms with Gasteiger partial charge in [-0.05, 0) is 6.07 Å². The molecular formula is C14H18N6O2. The largest absolute Gasteiger partial charge is 0.472 e. The van der Waals surface area contributed by atoms with Crippen LogP contribution in [0.2, 0.25) is 0 Å². The summed E-state index contributed by atoms with van der Waals surface area (Å²) >= 11 is 0. The second-order valence-corrected chi connectivity index (χ2v) is 5.36. The number of H-pyrrole nitrogens is 1. The third-order valence-corrected chi connectivity index (χ3v) is 3.54. The minimum atomic E-state index is -0.0585. The van der Waals surface area contributed by atoms with Crippen molar-refractivity contribution >= 4 is 11.7 Å². The number of hydrogen-bond acceptors (Lipinski definition) is 6. The molecule has 1 atom stereocenters. The fourth-order valence-electron chi connectivity index (χ4n) is 2.36. The molecular weight excluding hydrogens is 284 g/mol. The van der Waals surface area contributed by atoms with E-state index in [0.717, 1.165) is 12.2 Å². The van der Waals surface area contributed by atoms with Crippen LogP contribution in [-0.4, -0.2) is 64.3 Å². The number of ether oxygens (including phenoxy) is 1. The van der Waals surface area contributed by atoms with Crippen molar-refractivity contribution in [3.63, 3.8) is 0 Å². The van der Waals surface area contributed by atoms with E-state index < -0.39 is 0 Å². The van der Waals surface area contributed by atoms with Gasteiger partial charge in [0.05, 0.1) is 6.54 Å². The predicted octanol–water partition coefficient (Wildman–Crippen LogP) is 0.559. The van der Waals surface area contributed by atoms with Gasteiger partial charge in [-0.25, -0.2) is 9.97 Å². The highest BCUT2D eigenvalue weighted by atomic mass is 16.5. The first kappa shape index (κ1) is 14.3. The second kappa shape index (κ2) is 6.00. The zero-order chi connectivity index (χ0) is 15.5. The van der Waals surface area contributed by atoms with E-state index in [1.807, 2.05) is 19.0 Å². The van der Waals surface area contributed by atoms with E-state index in [1.165, 1.54) is 6.33 Å². The number of aromatic amines is 1. The molecule has 0 radical (unpaired) electrons. The van der Waals surface area contributed by atoms with Crippen LogP contribution in [0.5, 0.6) is 5.88 Å². The molecule has 0 bridgehead atoms. The molecule has 0 saturated carbocycles. The number of carbonyl (C=O) groups is 1. The van der Waals surface area contributed by atoms with Crippen molar-refractivity contribution in [3.8, 4) is 5.88 Å². The molecule has 2 aromatic rings. The highest BCUT2D eigenvalue weighted by Crippen LogP contribution is 2.20. The topological polar surface area (TPSA) is 87.2 Å². The van der Waals surface area contributed by atoms with Gasteiger partial charge in [0.1, 0.15) is 23.9 Å². The first-order chi connectivity index (χ1) is 10.6. The molecule has 1 unspecified atom stereocenters. The first-order valence-corrected chi connectivity index (χ1v) is 7.08. The molecule has 8 nitrogen and oxygen atoms in total. The fourth-order valence-corrected chi connectivity index (χ4v) is 2.36. The summed E-state index contributed by atoms with van der Waals surface area (Å²) in [4.78, 5) is 24.1. The molecule has 3 rings (SSSR count). The van der Waals surface area contributed by atoms with Gasteiger partial charge in [-0.15, -0.1) is 0 Å². The minimum Gasteiger partial charge on any atom is -0.472 e. The van der Waals surface area contributed by atoms with Gasteiger partial charge >= 0.3 is 0 Å². The predicted molar refractivity (Wildman–Crippen MR) is 79.9 cm³/mol. The summed E-state index contributed by atoms with van der Waals surface area (Å²) in [6.45, 7) is 1.20. The summed E-state index contributed by atoms with van der Waals surface area (Å²) in [6.07, 6.45) is 3.77. The van der Waals surface area contributed by atoms with Crippen molar-refractivity contribution in [2.75, 3.05) is 32.1 Å². The quantitative estimate of drug-likeness (QED) is 0.888. The van der Waals surface area contributed by atoms with E-state index in [1.54, 1.807) is 23.2 Å². The number of nitrogens with zero attached hydrogens (tertiary/aromatic N) is 5. The molecule has 1 fully saturated rings. The molecule has 1 aliphatic heterocycles. The summed E-state index contributed by atoms with van der Waals surface area (Å²) in [5.41, 5.74) is 0.498. The third kappa shape index (κ3) is 3.00. The van der Waals surface area contributed by atoms with E-state index in [4.69, 9.17) is 4.74 Å². The summed E-state index contributed by atoms with van der Waals surface area (Å²) in [6, 6.07) is 3.46. The van der Waals surface area contributed by atoms with Crippen molar-refractivity contribution in [1.82, 2.24) is 25.1 Å². The van der Waals surface area contributed by atoms with Crippen LogP contribution >= 0.6 is 0 Å². The molecule has 1 amide bonds. The van der Waals surface area contributed by atoms with Crippen LogP contribution in [0, 0.1) is 0 Å². The Balaban J connectivity index is 1.61. The van der Waals surface area contributed by atoms with Gasteiger partial charge in [0.25, 0.3) is 5.91 Å². The zero-order valence-electron chi connectivity index (χ0n) is 12.6. The normalized spacial score (nSPS) is 17.5. The highest BCUT2D eigenvalue weighted by Gasteiger charge is 2.29.